The van der Waals surface area contributed by atoms with E-state index in [2.05, 4.69) is 33.1 Å². The van der Waals surface area contributed by atoms with Crippen LogP contribution in [0.2, 0.25) is 0 Å². The van der Waals surface area contributed by atoms with Gasteiger partial charge in [0.1, 0.15) is 0 Å². The lowest BCUT2D eigenvalue weighted by Crippen LogP contribution is -2.44. The average molecular weight is 334 g/mol. The summed E-state index contributed by atoms with van der Waals surface area (Å²) < 4.78 is 5.51. The number of hydrogen-bond donors (Lipinski definition) is 4. The van der Waals surface area contributed by atoms with Gasteiger partial charge < -0.3 is 25.8 Å². The third-order valence-electron chi connectivity index (χ3n) is 4.43. The number of ether oxygens (including phenoxy) is 1. The molecule has 0 amide bonds. The Balaban J connectivity index is 1.63. The minimum absolute atomic E-state index is 0.0290. The van der Waals surface area contributed by atoms with Crippen molar-refractivity contribution in [1.82, 2.24) is 10.6 Å². The number of nitrogens with one attached hydrogen (secondary N) is 3. The molecule has 6 nitrogen and oxygen atoms in total. The van der Waals surface area contributed by atoms with Crippen LogP contribution in [-0.4, -0.2) is 57.6 Å². The first kappa shape index (κ1) is 18.5. The second-order valence-electron chi connectivity index (χ2n) is 6.28. The summed E-state index contributed by atoms with van der Waals surface area (Å²) in [5, 5.41) is 19.4. The number of aliphatic hydroxyl groups is 1. The van der Waals surface area contributed by atoms with E-state index in [1.54, 1.807) is 7.05 Å². The monoisotopic (exact) mass is 334 g/mol. The number of aliphatic hydroxyl groups excluding tert-OH is 1. The molecule has 4 N–H and O–H groups in total. The Hall–Kier alpha value is -1.79. The summed E-state index contributed by atoms with van der Waals surface area (Å²) in [6.45, 7) is 4.22. The number of nitrogens with zero attached hydrogens (tertiary/aromatic N) is 1. The van der Waals surface area contributed by atoms with Crippen LogP contribution in [0.5, 0.6) is 0 Å². The molecule has 24 heavy (non-hydrogen) atoms. The van der Waals surface area contributed by atoms with Gasteiger partial charge in [-0.2, -0.15) is 0 Å². The van der Waals surface area contributed by atoms with Crippen molar-refractivity contribution in [2.24, 2.45) is 10.4 Å². The van der Waals surface area contributed by atoms with Gasteiger partial charge >= 0.3 is 0 Å². The van der Waals surface area contributed by atoms with Crippen LogP contribution >= 0.6 is 0 Å². The Morgan fingerprint density at radius 1 is 1.25 bits per heavy atom. The molecule has 0 bridgehead atoms. The van der Waals surface area contributed by atoms with E-state index in [1.165, 1.54) is 0 Å². The first-order chi connectivity index (χ1) is 11.8. The van der Waals surface area contributed by atoms with Gasteiger partial charge in [-0.3, -0.25) is 4.99 Å². The first-order valence-corrected chi connectivity index (χ1v) is 8.70. The zero-order valence-corrected chi connectivity index (χ0v) is 14.6. The lowest BCUT2D eigenvalue weighted by atomic mass is 9.84. The highest BCUT2D eigenvalue weighted by Crippen LogP contribution is 2.31. The van der Waals surface area contributed by atoms with Crippen LogP contribution in [-0.2, 0) is 4.74 Å². The Bertz CT molecular complexity index is 487. The Kier molecular flexibility index (Phi) is 7.85. The van der Waals surface area contributed by atoms with Gasteiger partial charge in [-0.05, 0) is 31.4 Å². The molecule has 0 spiro atoms. The largest absolute Gasteiger partial charge is 0.396 e. The van der Waals surface area contributed by atoms with Crippen LogP contribution < -0.4 is 16.0 Å². The lowest BCUT2D eigenvalue weighted by Gasteiger charge is -2.27. The third kappa shape index (κ3) is 6.02. The maximum Gasteiger partial charge on any atom is 0.190 e. The molecule has 1 aliphatic heterocycles. The van der Waals surface area contributed by atoms with Gasteiger partial charge in [0.2, 0.25) is 0 Å². The van der Waals surface area contributed by atoms with Crippen LogP contribution in [0.15, 0.2) is 35.3 Å². The van der Waals surface area contributed by atoms with Gasteiger partial charge in [0.15, 0.2) is 5.96 Å². The van der Waals surface area contributed by atoms with E-state index >= 15 is 0 Å². The summed E-state index contributed by atoms with van der Waals surface area (Å²) in [4.78, 5) is 4.27. The van der Waals surface area contributed by atoms with Gasteiger partial charge in [-0.25, -0.2) is 0 Å². The van der Waals surface area contributed by atoms with Crippen molar-refractivity contribution in [3.63, 3.8) is 0 Å². The molecule has 0 aromatic heterocycles. The molecule has 1 heterocycles. The number of rotatable bonds is 9. The Morgan fingerprint density at radius 2 is 2.08 bits per heavy atom. The molecule has 0 radical (unpaired) electrons. The van der Waals surface area contributed by atoms with Crippen molar-refractivity contribution in [3.8, 4) is 0 Å². The molecule has 1 saturated heterocycles. The van der Waals surface area contributed by atoms with Crippen LogP contribution in [0, 0.1) is 5.41 Å². The van der Waals surface area contributed by atoms with E-state index in [0.29, 0.717) is 6.61 Å². The summed E-state index contributed by atoms with van der Waals surface area (Å²) in [5.41, 5.74) is 1.17. The zero-order valence-electron chi connectivity index (χ0n) is 14.6. The maximum absolute atomic E-state index is 9.27. The number of hydrogen-bond acceptors (Lipinski definition) is 4. The van der Waals surface area contributed by atoms with Gasteiger partial charge in [-0.15, -0.1) is 0 Å². The van der Waals surface area contributed by atoms with Gasteiger partial charge in [0.25, 0.3) is 0 Å². The second kappa shape index (κ2) is 10.2. The number of guanidine groups is 1. The predicted octanol–water partition coefficient (Wildman–Crippen LogP) is 1.44. The molecule has 1 aromatic rings. The van der Waals surface area contributed by atoms with E-state index in [9.17, 15) is 5.11 Å². The van der Waals surface area contributed by atoms with Gasteiger partial charge in [0.05, 0.1) is 6.61 Å². The van der Waals surface area contributed by atoms with Crippen LogP contribution in [0.25, 0.3) is 0 Å². The molecular weight excluding hydrogens is 304 g/mol. The average Bonchev–Trinajstić information content (AvgIpc) is 3.07. The highest BCUT2D eigenvalue weighted by Gasteiger charge is 2.34. The first-order valence-electron chi connectivity index (χ1n) is 8.70. The molecule has 1 atom stereocenters. The van der Waals surface area contributed by atoms with Crippen molar-refractivity contribution >= 4 is 11.6 Å². The standard InChI is InChI=1S/C18H30N4O2/c1-19-17(22-14-18(8-12-23)9-13-24-15-18)21-11-5-10-20-16-6-3-2-4-7-16/h2-4,6-7,20,23H,5,8-15H2,1H3,(H2,19,21,22). The number of aliphatic imine (C=N–C) groups is 1. The minimum Gasteiger partial charge on any atom is -0.396 e. The number of benzene rings is 1. The molecule has 1 unspecified atom stereocenters. The van der Waals surface area contributed by atoms with Crippen molar-refractivity contribution in [3.05, 3.63) is 30.3 Å². The van der Waals surface area contributed by atoms with Crippen LogP contribution in [0.1, 0.15) is 19.3 Å². The van der Waals surface area contributed by atoms with Crippen molar-refractivity contribution < 1.29 is 9.84 Å². The fourth-order valence-corrected chi connectivity index (χ4v) is 2.89. The molecule has 0 saturated carbocycles. The SMILES string of the molecule is CN=C(NCCCNc1ccccc1)NCC1(CCO)CCOC1. The quantitative estimate of drug-likeness (QED) is 0.312. The highest BCUT2D eigenvalue weighted by atomic mass is 16.5. The molecule has 134 valence electrons. The Morgan fingerprint density at radius 3 is 2.75 bits per heavy atom. The van der Waals surface area contributed by atoms with Crippen molar-refractivity contribution in [2.45, 2.75) is 19.3 Å². The fourth-order valence-electron chi connectivity index (χ4n) is 2.89. The molecule has 1 aromatic carbocycles. The van der Waals surface area contributed by atoms with E-state index in [0.717, 1.165) is 57.2 Å². The number of para-hydroxylation sites is 1. The minimum atomic E-state index is 0.0290. The van der Waals surface area contributed by atoms with E-state index < -0.39 is 0 Å². The summed E-state index contributed by atoms with van der Waals surface area (Å²) in [5.74, 6) is 0.805. The van der Waals surface area contributed by atoms with E-state index in [-0.39, 0.29) is 12.0 Å². The second-order valence-corrected chi connectivity index (χ2v) is 6.28. The smallest absolute Gasteiger partial charge is 0.190 e. The molecule has 2 rings (SSSR count). The fraction of sp³-hybridized carbons (Fsp3) is 0.611. The topological polar surface area (TPSA) is 77.9 Å². The van der Waals surface area contributed by atoms with Crippen molar-refractivity contribution in [1.29, 1.82) is 0 Å². The molecular formula is C18H30N4O2. The van der Waals surface area contributed by atoms with Crippen LogP contribution in [0.3, 0.4) is 0 Å². The van der Waals surface area contributed by atoms with Gasteiger partial charge in [-0.1, -0.05) is 18.2 Å². The van der Waals surface area contributed by atoms with Crippen LogP contribution in [0.4, 0.5) is 5.69 Å². The molecule has 1 fully saturated rings. The maximum atomic E-state index is 9.27. The summed E-state index contributed by atoms with van der Waals surface area (Å²) in [7, 11) is 1.78. The molecule has 0 aliphatic carbocycles. The lowest BCUT2D eigenvalue weighted by molar-refractivity contribution is 0.127. The van der Waals surface area contributed by atoms with E-state index in [1.807, 2.05) is 18.2 Å². The normalized spacial score (nSPS) is 20.8. The number of anilines is 1. The molecule has 1 aliphatic rings. The summed E-state index contributed by atoms with van der Waals surface area (Å²) in [6, 6.07) is 10.2. The zero-order chi connectivity index (χ0) is 17.1. The highest BCUT2D eigenvalue weighted by molar-refractivity contribution is 5.79. The Labute approximate surface area is 144 Å². The van der Waals surface area contributed by atoms with E-state index in [4.69, 9.17) is 4.74 Å². The summed E-state index contributed by atoms with van der Waals surface area (Å²) >= 11 is 0. The summed E-state index contributed by atoms with van der Waals surface area (Å²) in [6.07, 6.45) is 2.75. The predicted molar refractivity (Wildman–Crippen MR) is 98.5 cm³/mol. The van der Waals surface area contributed by atoms with Gasteiger partial charge in [0, 0.05) is 51.0 Å². The third-order valence-corrected chi connectivity index (χ3v) is 4.43. The molecule has 6 heteroatoms. The van der Waals surface area contributed by atoms with Crippen molar-refractivity contribution in [2.75, 3.05) is 51.8 Å².